The molecular formula is C25H31N7O2. The Morgan fingerprint density at radius 1 is 1.03 bits per heavy atom. The van der Waals surface area contributed by atoms with Gasteiger partial charge < -0.3 is 19.4 Å². The van der Waals surface area contributed by atoms with Crippen LogP contribution in [0.1, 0.15) is 46.3 Å². The molecule has 0 radical (unpaired) electrons. The van der Waals surface area contributed by atoms with E-state index < -0.39 is 0 Å². The highest BCUT2D eigenvalue weighted by atomic mass is 16.5. The molecule has 4 heterocycles. The smallest absolute Gasteiger partial charge is 0.253 e. The van der Waals surface area contributed by atoms with Gasteiger partial charge in [0.15, 0.2) is 0 Å². The molecule has 0 aliphatic carbocycles. The van der Waals surface area contributed by atoms with Crippen molar-refractivity contribution in [3.63, 3.8) is 0 Å². The van der Waals surface area contributed by atoms with E-state index in [2.05, 4.69) is 14.8 Å². The van der Waals surface area contributed by atoms with Crippen molar-refractivity contribution in [1.82, 2.24) is 24.8 Å². The van der Waals surface area contributed by atoms with Crippen LogP contribution >= 0.6 is 0 Å². The number of anilines is 2. The van der Waals surface area contributed by atoms with Crippen LogP contribution in [0.4, 0.5) is 11.6 Å². The summed E-state index contributed by atoms with van der Waals surface area (Å²) in [6, 6.07) is 5.95. The van der Waals surface area contributed by atoms with Crippen LogP contribution in [0.25, 0.3) is 11.0 Å². The lowest BCUT2D eigenvalue weighted by atomic mass is 9.98. The lowest BCUT2D eigenvalue weighted by molar-refractivity contribution is 0.0827. The first-order valence-electron chi connectivity index (χ1n) is 11.8. The van der Waals surface area contributed by atoms with Gasteiger partial charge in [-0.05, 0) is 38.8 Å². The van der Waals surface area contributed by atoms with E-state index in [0.29, 0.717) is 18.8 Å². The molecule has 1 atom stereocenters. The van der Waals surface area contributed by atoms with Gasteiger partial charge >= 0.3 is 0 Å². The van der Waals surface area contributed by atoms with E-state index in [-0.39, 0.29) is 11.9 Å². The van der Waals surface area contributed by atoms with Gasteiger partial charge in [0.25, 0.3) is 5.91 Å². The van der Waals surface area contributed by atoms with Crippen molar-refractivity contribution in [2.75, 3.05) is 56.7 Å². The predicted molar refractivity (Wildman–Crippen MR) is 131 cm³/mol. The molecule has 34 heavy (non-hydrogen) atoms. The molecule has 0 bridgehead atoms. The molecule has 1 amide bonds. The Morgan fingerprint density at radius 3 is 2.56 bits per heavy atom. The van der Waals surface area contributed by atoms with E-state index in [1.165, 1.54) is 0 Å². The Kier molecular flexibility index (Phi) is 6.03. The van der Waals surface area contributed by atoms with Crippen LogP contribution in [-0.4, -0.2) is 77.7 Å². The van der Waals surface area contributed by atoms with Gasteiger partial charge in [0.05, 0.1) is 36.5 Å². The second-order valence-electron chi connectivity index (χ2n) is 9.23. The standard InChI is InChI=1S/C25H31N7O2/c1-16-12-22(28-17(2)27-16)32-7-5-6-21(32)19-13-18(25(33)30(3)4)14-20-24(19)29-23(15-26-20)31-8-10-34-11-9-31/h12-15,21H,5-11H2,1-4H3. The fourth-order valence-electron chi connectivity index (χ4n) is 4.92. The molecule has 1 unspecified atom stereocenters. The van der Waals surface area contributed by atoms with Crippen LogP contribution in [0.2, 0.25) is 0 Å². The molecule has 3 aromatic rings. The van der Waals surface area contributed by atoms with Crippen LogP contribution in [0, 0.1) is 13.8 Å². The van der Waals surface area contributed by atoms with Crippen LogP contribution in [0.3, 0.4) is 0 Å². The molecule has 178 valence electrons. The number of morpholine rings is 1. The van der Waals surface area contributed by atoms with Gasteiger partial charge in [0.2, 0.25) is 0 Å². The molecule has 1 aromatic carbocycles. The zero-order valence-corrected chi connectivity index (χ0v) is 20.3. The third-order valence-electron chi connectivity index (χ3n) is 6.51. The Bertz CT molecular complexity index is 1200. The minimum absolute atomic E-state index is 0.0412. The number of amides is 1. The number of nitrogens with zero attached hydrogens (tertiary/aromatic N) is 7. The topological polar surface area (TPSA) is 87.6 Å². The average Bonchev–Trinajstić information content (AvgIpc) is 3.32. The number of hydrogen-bond acceptors (Lipinski definition) is 8. The number of fused-ring (bicyclic) bond motifs is 1. The molecule has 0 spiro atoms. The van der Waals surface area contributed by atoms with E-state index in [9.17, 15) is 4.79 Å². The van der Waals surface area contributed by atoms with E-state index in [1.807, 2.05) is 38.2 Å². The van der Waals surface area contributed by atoms with Crippen LogP contribution in [-0.2, 0) is 4.74 Å². The Morgan fingerprint density at radius 2 is 1.82 bits per heavy atom. The Labute approximate surface area is 199 Å². The molecule has 9 heteroatoms. The SMILES string of the molecule is Cc1cc(N2CCCC2c2cc(C(=O)N(C)C)cc3ncc(N4CCOCC4)nc23)nc(C)n1. The van der Waals surface area contributed by atoms with Gasteiger partial charge in [-0.1, -0.05) is 0 Å². The fraction of sp³-hybridized carbons (Fsp3) is 0.480. The molecule has 0 saturated carbocycles. The maximum Gasteiger partial charge on any atom is 0.253 e. The van der Waals surface area contributed by atoms with E-state index in [0.717, 1.165) is 72.2 Å². The Balaban J connectivity index is 1.64. The first kappa shape index (κ1) is 22.5. The summed E-state index contributed by atoms with van der Waals surface area (Å²) in [5, 5.41) is 0. The molecule has 2 fully saturated rings. The zero-order chi connectivity index (χ0) is 23.8. The van der Waals surface area contributed by atoms with Gasteiger partial charge in [-0.15, -0.1) is 0 Å². The third-order valence-corrected chi connectivity index (χ3v) is 6.51. The molecule has 0 N–H and O–H groups in total. The quantitative estimate of drug-likeness (QED) is 0.586. The number of carbonyl (C=O) groups is 1. The number of hydrogen-bond donors (Lipinski definition) is 0. The monoisotopic (exact) mass is 461 g/mol. The molecule has 2 aliphatic rings. The highest BCUT2D eigenvalue weighted by molar-refractivity contribution is 5.98. The summed E-state index contributed by atoms with van der Waals surface area (Å²) >= 11 is 0. The van der Waals surface area contributed by atoms with Crippen LogP contribution < -0.4 is 9.80 Å². The highest BCUT2D eigenvalue weighted by Crippen LogP contribution is 2.39. The molecular weight excluding hydrogens is 430 g/mol. The normalized spacial score (nSPS) is 18.5. The lowest BCUT2D eigenvalue weighted by Crippen LogP contribution is -2.36. The highest BCUT2D eigenvalue weighted by Gasteiger charge is 2.31. The first-order valence-corrected chi connectivity index (χ1v) is 11.8. The van der Waals surface area contributed by atoms with Gasteiger partial charge in [0, 0.05) is 56.6 Å². The second kappa shape index (κ2) is 9.13. The van der Waals surface area contributed by atoms with E-state index >= 15 is 0 Å². The van der Waals surface area contributed by atoms with Crippen molar-refractivity contribution in [2.24, 2.45) is 0 Å². The number of aryl methyl sites for hydroxylation is 2. The second-order valence-corrected chi connectivity index (χ2v) is 9.23. The number of rotatable bonds is 4. The van der Waals surface area contributed by atoms with E-state index in [4.69, 9.17) is 19.7 Å². The summed E-state index contributed by atoms with van der Waals surface area (Å²) in [7, 11) is 3.54. The fourth-order valence-corrected chi connectivity index (χ4v) is 4.92. The molecule has 9 nitrogen and oxygen atoms in total. The number of carbonyl (C=O) groups excluding carboxylic acids is 1. The summed E-state index contributed by atoms with van der Waals surface area (Å²) in [5.41, 5.74) is 4.18. The summed E-state index contributed by atoms with van der Waals surface area (Å²) in [4.78, 5) is 38.1. The lowest BCUT2D eigenvalue weighted by Gasteiger charge is -2.29. The summed E-state index contributed by atoms with van der Waals surface area (Å²) in [5.74, 6) is 2.49. The van der Waals surface area contributed by atoms with Crippen molar-refractivity contribution >= 4 is 28.6 Å². The molecule has 2 aromatic heterocycles. The van der Waals surface area contributed by atoms with Crippen LogP contribution in [0.5, 0.6) is 0 Å². The summed E-state index contributed by atoms with van der Waals surface area (Å²) in [6.45, 7) is 7.77. The number of aromatic nitrogens is 4. The van der Waals surface area contributed by atoms with Gasteiger partial charge in [-0.25, -0.2) is 15.0 Å². The maximum atomic E-state index is 12.9. The van der Waals surface area contributed by atoms with Crippen molar-refractivity contribution in [3.8, 4) is 0 Å². The average molecular weight is 462 g/mol. The predicted octanol–water partition coefficient (Wildman–Crippen LogP) is 2.92. The molecule has 5 rings (SSSR count). The van der Waals surface area contributed by atoms with Crippen molar-refractivity contribution in [3.05, 3.63) is 47.0 Å². The van der Waals surface area contributed by atoms with Gasteiger partial charge in [-0.2, -0.15) is 0 Å². The summed E-state index contributed by atoms with van der Waals surface area (Å²) in [6.07, 6.45) is 3.81. The van der Waals surface area contributed by atoms with Gasteiger partial charge in [-0.3, -0.25) is 9.78 Å². The maximum absolute atomic E-state index is 12.9. The van der Waals surface area contributed by atoms with Crippen LogP contribution in [0.15, 0.2) is 24.4 Å². The summed E-state index contributed by atoms with van der Waals surface area (Å²) < 4.78 is 5.51. The van der Waals surface area contributed by atoms with Crippen molar-refractivity contribution in [2.45, 2.75) is 32.7 Å². The largest absolute Gasteiger partial charge is 0.378 e. The third kappa shape index (κ3) is 4.27. The number of benzene rings is 1. The Hall–Kier alpha value is -3.33. The van der Waals surface area contributed by atoms with Crippen molar-refractivity contribution in [1.29, 1.82) is 0 Å². The molecule has 2 aliphatic heterocycles. The minimum atomic E-state index is -0.0412. The number of ether oxygens (including phenoxy) is 1. The molecule has 2 saturated heterocycles. The first-order chi connectivity index (χ1) is 16.4. The van der Waals surface area contributed by atoms with Crippen molar-refractivity contribution < 1.29 is 9.53 Å². The van der Waals surface area contributed by atoms with Gasteiger partial charge in [0.1, 0.15) is 17.5 Å². The van der Waals surface area contributed by atoms with E-state index in [1.54, 1.807) is 19.0 Å². The zero-order valence-electron chi connectivity index (χ0n) is 20.3. The minimum Gasteiger partial charge on any atom is -0.378 e.